The van der Waals surface area contributed by atoms with E-state index in [1.54, 1.807) is 25.9 Å². The van der Waals surface area contributed by atoms with Crippen LogP contribution in [0, 0.1) is 0 Å². The lowest BCUT2D eigenvalue weighted by Crippen LogP contribution is -2.43. The molecule has 5 heteroatoms. The molecule has 0 bridgehead atoms. The van der Waals surface area contributed by atoms with E-state index in [9.17, 15) is 4.79 Å². The summed E-state index contributed by atoms with van der Waals surface area (Å²) in [5.74, 6) is 1.03. The molecule has 0 saturated heterocycles. The molecule has 1 unspecified atom stereocenters. The highest BCUT2D eigenvalue weighted by Crippen LogP contribution is 2.00. The third-order valence-corrected chi connectivity index (χ3v) is 2.24. The van der Waals surface area contributed by atoms with Crippen molar-refractivity contribution in [1.29, 1.82) is 0 Å². The van der Waals surface area contributed by atoms with E-state index >= 15 is 0 Å². The highest BCUT2D eigenvalue weighted by atomic mass is 32.2. The molecule has 0 fully saturated rings. The topological polar surface area (TPSA) is 50.4 Å². The van der Waals surface area contributed by atoms with Crippen molar-refractivity contribution >= 4 is 17.8 Å². The number of urea groups is 1. The lowest BCUT2D eigenvalue weighted by molar-refractivity contribution is 0.164. The number of ether oxygens (including phenoxy) is 1. The summed E-state index contributed by atoms with van der Waals surface area (Å²) < 4.78 is 4.99. The number of carbonyl (C=O) groups excluding carboxylic acids is 1. The van der Waals surface area contributed by atoms with Crippen LogP contribution >= 0.6 is 11.8 Å². The minimum absolute atomic E-state index is 0.109. The monoisotopic (exact) mass is 206 g/mol. The van der Waals surface area contributed by atoms with Crippen molar-refractivity contribution in [3.05, 3.63) is 0 Å². The fraction of sp³-hybridized carbons (Fsp3) is 0.875. The first-order valence-corrected chi connectivity index (χ1v) is 5.60. The summed E-state index contributed by atoms with van der Waals surface area (Å²) in [7, 11) is 3.24. The zero-order valence-corrected chi connectivity index (χ0v) is 9.24. The van der Waals surface area contributed by atoms with E-state index < -0.39 is 0 Å². The summed E-state index contributed by atoms with van der Waals surface area (Å²) in [6, 6.07) is -0.0412. The first kappa shape index (κ1) is 12.6. The van der Waals surface area contributed by atoms with Gasteiger partial charge in [0, 0.05) is 14.2 Å². The van der Waals surface area contributed by atoms with E-state index in [0.29, 0.717) is 6.61 Å². The molecule has 0 aliphatic rings. The van der Waals surface area contributed by atoms with Crippen molar-refractivity contribution in [2.75, 3.05) is 32.8 Å². The molecular formula is C8H18N2O2S. The van der Waals surface area contributed by atoms with Gasteiger partial charge >= 0.3 is 6.03 Å². The Hall–Kier alpha value is -0.420. The third kappa shape index (κ3) is 6.72. The maximum atomic E-state index is 11.0. The van der Waals surface area contributed by atoms with E-state index in [1.165, 1.54) is 0 Å². The normalized spacial score (nSPS) is 12.2. The highest BCUT2D eigenvalue weighted by molar-refractivity contribution is 7.98. The molecular weight excluding hydrogens is 188 g/mol. The second-order valence-corrected chi connectivity index (χ2v) is 3.64. The summed E-state index contributed by atoms with van der Waals surface area (Å²) in [5, 5.41) is 5.33. The van der Waals surface area contributed by atoms with Crippen molar-refractivity contribution < 1.29 is 9.53 Å². The molecule has 0 aromatic carbocycles. The predicted molar refractivity (Wildman–Crippen MR) is 56.3 cm³/mol. The molecule has 0 aromatic rings. The third-order valence-electron chi connectivity index (χ3n) is 1.60. The largest absolute Gasteiger partial charge is 0.383 e. The zero-order valence-electron chi connectivity index (χ0n) is 8.42. The van der Waals surface area contributed by atoms with Gasteiger partial charge in [-0.3, -0.25) is 0 Å². The number of nitrogens with one attached hydrogen (secondary N) is 2. The van der Waals surface area contributed by atoms with Crippen LogP contribution in [0.2, 0.25) is 0 Å². The molecule has 0 rings (SSSR count). The molecule has 0 aliphatic heterocycles. The Labute approximate surface area is 83.8 Å². The van der Waals surface area contributed by atoms with E-state index in [0.717, 1.165) is 12.2 Å². The molecule has 0 saturated carbocycles. The second kappa shape index (κ2) is 8.19. The molecule has 0 aromatic heterocycles. The fourth-order valence-corrected chi connectivity index (χ4v) is 1.44. The molecule has 2 amide bonds. The van der Waals surface area contributed by atoms with Crippen LogP contribution in [0.1, 0.15) is 6.42 Å². The maximum absolute atomic E-state index is 11.0. The van der Waals surface area contributed by atoms with Gasteiger partial charge in [-0.1, -0.05) is 0 Å². The highest BCUT2D eigenvalue weighted by Gasteiger charge is 2.09. The van der Waals surface area contributed by atoms with Gasteiger partial charge in [-0.05, 0) is 18.4 Å². The summed E-state index contributed by atoms with van der Waals surface area (Å²) >= 11 is 1.76. The van der Waals surface area contributed by atoms with Crippen LogP contribution in [-0.4, -0.2) is 44.8 Å². The van der Waals surface area contributed by atoms with Crippen molar-refractivity contribution in [3.8, 4) is 0 Å². The average molecular weight is 206 g/mol. The molecule has 0 heterocycles. The van der Waals surface area contributed by atoms with Crippen molar-refractivity contribution in [1.82, 2.24) is 10.6 Å². The maximum Gasteiger partial charge on any atom is 0.314 e. The Balaban J connectivity index is 3.71. The Morgan fingerprint density at radius 3 is 2.77 bits per heavy atom. The Morgan fingerprint density at radius 1 is 1.62 bits per heavy atom. The predicted octanol–water partition coefficient (Wildman–Crippen LogP) is 0.683. The Bertz CT molecular complexity index is 144. The molecule has 0 aliphatic carbocycles. The molecule has 78 valence electrons. The first-order chi connectivity index (χ1) is 6.24. The molecule has 0 spiro atoms. The van der Waals surface area contributed by atoms with Gasteiger partial charge < -0.3 is 15.4 Å². The summed E-state index contributed by atoms with van der Waals surface area (Å²) in [5.41, 5.74) is 0. The lowest BCUT2D eigenvalue weighted by Gasteiger charge is -2.16. The van der Waals surface area contributed by atoms with Crippen LogP contribution in [0.15, 0.2) is 0 Å². The van der Waals surface area contributed by atoms with Crippen molar-refractivity contribution in [3.63, 3.8) is 0 Å². The number of rotatable bonds is 6. The van der Waals surface area contributed by atoms with Gasteiger partial charge in [0.05, 0.1) is 12.6 Å². The van der Waals surface area contributed by atoms with Gasteiger partial charge in [0.15, 0.2) is 0 Å². The van der Waals surface area contributed by atoms with E-state index in [2.05, 4.69) is 10.6 Å². The van der Waals surface area contributed by atoms with Gasteiger partial charge in [-0.2, -0.15) is 11.8 Å². The number of hydrogen-bond donors (Lipinski definition) is 2. The van der Waals surface area contributed by atoms with E-state index in [4.69, 9.17) is 4.74 Å². The summed E-state index contributed by atoms with van der Waals surface area (Å²) in [6.45, 7) is 0.563. The van der Waals surface area contributed by atoms with E-state index in [-0.39, 0.29) is 12.1 Å². The Morgan fingerprint density at radius 2 is 2.31 bits per heavy atom. The van der Waals surface area contributed by atoms with Gasteiger partial charge in [-0.25, -0.2) is 4.79 Å². The minimum Gasteiger partial charge on any atom is -0.383 e. The fourth-order valence-electron chi connectivity index (χ4n) is 0.916. The molecule has 1 atom stereocenters. The van der Waals surface area contributed by atoms with Crippen LogP contribution in [0.25, 0.3) is 0 Å². The van der Waals surface area contributed by atoms with Crippen LogP contribution < -0.4 is 10.6 Å². The molecule has 4 nitrogen and oxygen atoms in total. The minimum atomic E-state index is -0.150. The smallest absolute Gasteiger partial charge is 0.314 e. The van der Waals surface area contributed by atoms with Gasteiger partial charge in [0.25, 0.3) is 0 Å². The molecule has 0 radical (unpaired) electrons. The quantitative estimate of drug-likeness (QED) is 0.672. The first-order valence-electron chi connectivity index (χ1n) is 4.20. The average Bonchev–Trinajstić information content (AvgIpc) is 2.14. The summed E-state index contributed by atoms with van der Waals surface area (Å²) in [4.78, 5) is 11.0. The van der Waals surface area contributed by atoms with Gasteiger partial charge in [-0.15, -0.1) is 0 Å². The SMILES string of the molecule is CNC(=O)NC(CCSC)COC. The van der Waals surface area contributed by atoms with Gasteiger partial charge in [0.2, 0.25) is 0 Å². The molecule has 13 heavy (non-hydrogen) atoms. The van der Waals surface area contributed by atoms with Gasteiger partial charge in [0.1, 0.15) is 0 Å². The van der Waals surface area contributed by atoms with Crippen LogP contribution in [0.5, 0.6) is 0 Å². The van der Waals surface area contributed by atoms with Crippen molar-refractivity contribution in [2.45, 2.75) is 12.5 Å². The van der Waals surface area contributed by atoms with Crippen LogP contribution in [-0.2, 0) is 4.74 Å². The Kier molecular flexibility index (Phi) is 7.93. The number of thioether (sulfide) groups is 1. The summed E-state index contributed by atoms with van der Waals surface area (Å²) in [6.07, 6.45) is 2.98. The number of carbonyl (C=O) groups is 1. The standard InChI is InChI=1S/C8H18N2O2S/c1-9-8(11)10-7(6-12-2)4-5-13-3/h7H,4-6H2,1-3H3,(H2,9,10,11). The van der Waals surface area contributed by atoms with Crippen LogP contribution in [0.4, 0.5) is 4.79 Å². The lowest BCUT2D eigenvalue weighted by atomic mass is 10.2. The van der Waals surface area contributed by atoms with Crippen LogP contribution in [0.3, 0.4) is 0 Å². The number of amides is 2. The number of methoxy groups -OCH3 is 1. The van der Waals surface area contributed by atoms with Crippen molar-refractivity contribution in [2.24, 2.45) is 0 Å². The zero-order chi connectivity index (χ0) is 10.1. The second-order valence-electron chi connectivity index (χ2n) is 2.66. The van der Waals surface area contributed by atoms with E-state index in [1.807, 2.05) is 6.26 Å². The molecule has 2 N–H and O–H groups in total. The number of hydrogen-bond acceptors (Lipinski definition) is 3.